The van der Waals surface area contributed by atoms with Gasteiger partial charge in [-0.3, -0.25) is 19.6 Å². The molecule has 2 N–H and O–H groups in total. The van der Waals surface area contributed by atoms with Crippen LogP contribution in [0.5, 0.6) is 0 Å². The number of unbranched alkanes of at least 4 members (excludes halogenated alkanes) is 1. The van der Waals surface area contributed by atoms with E-state index in [4.69, 9.17) is 4.74 Å². The Morgan fingerprint density at radius 2 is 2.21 bits per heavy atom. The predicted octanol–water partition coefficient (Wildman–Crippen LogP) is 0.519. The fraction of sp³-hybridized carbons (Fsp3) is 0.556. The van der Waals surface area contributed by atoms with Crippen LogP contribution < -0.4 is 5.49 Å². The number of halogens is 1. The summed E-state index contributed by atoms with van der Waals surface area (Å²) in [4.78, 5) is 41.5. The van der Waals surface area contributed by atoms with Crippen LogP contribution in [0.15, 0.2) is 23.3 Å². The van der Waals surface area contributed by atoms with Crippen molar-refractivity contribution in [3.05, 3.63) is 29.6 Å². The highest BCUT2D eigenvalue weighted by Crippen LogP contribution is 2.23. The molecule has 160 valence electrons. The first-order valence-electron chi connectivity index (χ1n) is 9.27. The Balaban J connectivity index is 2.27. The van der Waals surface area contributed by atoms with E-state index in [0.29, 0.717) is 22.6 Å². The third-order valence-electron chi connectivity index (χ3n) is 4.67. The van der Waals surface area contributed by atoms with Crippen molar-refractivity contribution in [2.75, 3.05) is 13.3 Å². The van der Waals surface area contributed by atoms with E-state index in [1.165, 1.54) is 4.90 Å². The number of nitrogens with zero attached hydrogens (tertiary/aromatic N) is 4. The van der Waals surface area contributed by atoms with E-state index in [0.717, 1.165) is 24.8 Å². The molecule has 3 amide bonds. The summed E-state index contributed by atoms with van der Waals surface area (Å²) in [6, 6.07) is 1.10. The molecule has 11 heteroatoms. The van der Waals surface area contributed by atoms with Crippen LogP contribution in [0.3, 0.4) is 0 Å². The van der Waals surface area contributed by atoms with Crippen molar-refractivity contribution in [2.24, 2.45) is 10.9 Å². The van der Waals surface area contributed by atoms with E-state index in [1.54, 1.807) is 6.92 Å². The van der Waals surface area contributed by atoms with Crippen LogP contribution in [0.4, 0.5) is 4.39 Å². The quantitative estimate of drug-likeness (QED) is 0.278. The molecule has 0 saturated carbocycles. The van der Waals surface area contributed by atoms with Crippen molar-refractivity contribution in [3.8, 4) is 0 Å². The van der Waals surface area contributed by atoms with Crippen molar-refractivity contribution in [1.82, 2.24) is 14.7 Å². The van der Waals surface area contributed by atoms with Crippen molar-refractivity contribution < 1.29 is 33.9 Å². The monoisotopic (exact) mass is 412 g/mol. The highest BCUT2D eigenvalue weighted by Gasteiger charge is 2.42. The van der Waals surface area contributed by atoms with Gasteiger partial charge in [0.15, 0.2) is 5.49 Å². The fourth-order valence-corrected chi connectivity index (χ4v) is 3.13. The molecule has 0 aliphatic carbocycles. The molecule has 29 heavy (non-hydrogen) atoms. The number of amides is 3. The van der Waals surface area contributed by atoms with E-state index in [1.807, 2.05) is 6.92 Å². The van der Waals surface area contributed by atoms with Gasteiger partial charge in [-0.25, -0.2) is 9.45 Å². The topological polar surface area (TPSA) is 125 Å². The van der Waals surface area contributed by atoms with Crippen LogP contribution >= 0.6 is 0 Å². The SMILES string of the molecule is CCCC[C@H](CN(O)C=O)C(=O)N1CO[C@H](C)[C@H]1C(=O)N=c1ccc(F)cn1O. The Morgan fingerprint density at radius 3 is 2.83 bits per heavy atom. The Bertz CT molecular complexity index is 814. The number of hydrogen-bond donors (Lipinski definition) is 2. The van der Waals surface area contributed by atoms with E-state index >= 15 is 0 Å². The smallest absolute Gasteiger partial charge is 0.273 e. The van der Waals surface area contributed by atoms with Gasteiger partial charge < -0.3 is 14.8 Å². The Labute approximate surface area is 166 Å². The zero-order chi connectivity index (χ0) is 21.6. The second-order valence-corrected chi connectivity index (χ2v) is 6.82. The summed E-state index contributed by atoms with van der Waals surface area (Å²) in [5, 5.41) is 19.6. The van der Waals surface area contributed by atoms with Crippen molar-refractivity contribution >= 4 is 18.2 Å². The van der Waals surface area contributed by atoms with Crippen molar-refractivity contribution in [1.29, 1.82) is 0 Å². The first-order chi connectivity index (χ1) is 13.8. The van der Waals surface area contributed by atoms with Gasteiger partial charge in [0.1, 0.15) is 18.6 Å². The van der Waals surface area contributed by atoms with Crippen LogP contribution in [0.1, 0.15) is 33.1 Å². The number of ether oxygens (including phenoxy) is 1. The molecule has 0 radical (unpaired) electrons. The van der Waals surface area contributed by atoms with Gasteiger partial charge in [-0.15, -0.1) is 0 Å². The van der Waals surface area contributed by atoms with Gasteiger partial charge in [0.2, 0.25) is 12.3 Å². The molecule has 1 aliphatic heterocycles. The molecule has 2 rings (SSSR count). The molecule has 3 atom stereocenters. The third-order valence-corrected chi connectivity index (χ3v) is 4.67. The molecular formula is C18H25FN4O6. The second-order valence-electron chi connectivity index (χ2n) is 6.82. The standard InChI is InChI=1S/C18H25FN4O6/c1-3-4-5-13(8-21(27)10-24)18(26)22-11-29-12(2)16(22)17(25)20-15-7-6-14(19)9-23(15)28/h6-7,9-10,12-13,16,27-28H,3-5,8,11H2,1-2H3/t12-,13-,16+/m1/s1. The van der Waals surface area contributed by atoms with Crippen LogP contribution in [-0.4, -0.2) is 68.8 Å². The number of hydroxylamine groups is 2. The number of carbonyl (C=O) groups is 3. The molecule has 0 bridgehead atoms. The lowest BCUT2D eigenvalue weighted by Gasteiger charge is -2.27. The number of pyridine rings is 1. The number of aromatic nitrogens is 1. The minimum atomic E-state index is -1.06. The predicted molar refractivity (Wildman–Crippen MR) is 95.8 cm³/mol. The van der Waals surface area contributed by atoms with E-state index in [-0.39, 0.29) is 25.2 Å². The molecule has 10 nitrogen and oxygen atoms in total. The van der Waals surface area contributed by atoms with Crippen LogP contribution in [-0.2, 0) is 19.1 Å². The summed E-state index contributed by atoms with van der Waals surface area (Å²) in [7, 11) is 0. The normalized spacial score (nSPS) is 20.6. The Morgan fingerprint density at radius 1 is 1.48 bits per heavy atom. The summed E-state index contributed by atoms with van der Waals surface area (Å²) in [5.41, 5.74) is -0.201. The average molecular weight is 412 g/mol. The molecular weight excluding hydrogens is 387 g/mol. The molecule has 0 aromatic carbocycles. The van der Waals surface area contributed by atoms with Gasteiger partial charge in [0.05, 0.1) is 24.8 Å². The zero-order valence-corrected chi connectivity index (χ0v) is 16.3. The van der Waals surface area contributed by atoms with Crippen molar-refractivity contribution in [3.63, 3.8) is 0 Å². The summed E-state index contributed by atoms with van der Waals surface area (Å²) in [6.45, 7) is 3.19. The zero-order valence-electron chi connectivity index (χ0n) is 16.3. The summed E-state index contributed by atoms with van der Waals surface area (Å²) < 4.78 is 18.9. The Kier molecular flexibility index (Phi) is 7.85. The fourth-order valence-electron chi connectivity index (χ4n) is 3.13. The van der Waals surface area contributed by atoms with Gasteiger partial charge in [0, 0.05) is 0 Å². The maximum absolute atomic E-state index is 13.1. The molecule has 0 unspecified atom stereocenters. The minimum Gasteiger partial charge on any atom is -0.427 e. The minimum absolute atomic E-state index is 0.149. The third kappa shape index (κ3) is 5.61. The molecule has 1 aliphatic rings. The van der Waals surface area contributed by atoms with E-state index in [9.17, 15) is 29.2 Å². The molecule has 2 heterocycles. The lowest BCUT2D eigenvalue weighted by molar-refractivity contribution is -0.158. The van der Waals surface area contributed by atoms with Gasteiger partial charge in [-0.1, -0.05) is 19.8 Å². The van der Waals surface area contributed by atoms with Crippen LogP contribution in [0.2, 0.25) is 0 Å². The molecule has 1 fully saturated rings. The average Bonchev–Trinajstić information content (AvgIpc) is 3.08. The first-order valence-corrected chi connectivity index (χ1v) is 9.27. The molecule has 1 aromatic heterocycles. The Hall–Kier alpha value is -2.79. The molecule has 0 spiro atoms. The highest BCUT2D eigenvalue weighted by atomic mass is 19.1. The number of hydrogen-bond acceptors (Lipinski definition) is 6. The maximum Gasteiger partial charge on any atom is 0.273 e. The van der Waals surface area contributed by atoms with E-state index in [2.05, 4.69) is 4.99 Å². The van der Waals surface area contributed by atoms with Gasteiger partial charge >= 0.3 is 0 Å². The van der Waals surface area contributed by atoms with Crippen LogP contribution in [0, 0.1) is 11.7 Å². The van der Waals surface area contributed by atoms with Gasteiger partial charge in [-0.2, -0.15) is 9.72 Å². The maximum atomic E-state index is 13.1. The molecule has 1 saturated heterocycles. The summed E-state index contributed by atoms with van der Waals surface area (Å²) >= 11 is 0. The lowest BCUT2D eigenvalue weighted by atomic mass is 9.99. The van der Waals surface area contributed by atoms with E-state index < -0.39 is 35.7 Å². The van der Waals surface area contributed by atoms with Gasteiger partial charge in [-0.05, 0) is 25.5 Å². The summed E-state index contributed by atoms with van der Waals surface area (Å²) in [5.74, 6) is -2.63. The highest BCUT2D eigenvalue weighted by molar-refractivity contribution is 5.90. The number of rotatable bonds is 8. The van der Waals surface area contributed by atoms with Crippen LogP contribution in [0.25, 0.3) is 0 Å². The van der Waals surface area contributed by atoms with Gasteiger partial charge in [0.25, 0.3) is 5.91 Å². The largest absolute Gasteiger partial charge is 0.427 e. The van der Waals surface area contributed by atoms with Crippen molar-refractivity contribution in [2.45, 2.75) is 45.3 Å². The first kappa shape index (κ1) is 22.5. The molecule has 1 aromatic rings. The number of carbonyl (C=O) groups excluding carboxylic acids is 3. The second kappa shape index (κ2) is 10.1. The summed E-state index contributed by atoms with van der Waals surface area (Å²) in [6.07, 6.45) is 2.21. The lowest BCUT2D eigenvalue weighted by Crippen LogP contribution is -2.48.